The molecule has 266 valence electrons. The van der Waals surface area contributed by atoms with Gasteiger partial charge in [0.15, 0.2) is 11.7 Å². The topological polar surface area (TPSA) is 75.4 Å². The number of para-hydroxylation sites is 2. The molecular formula is C51H30N4O2. The first kappa shape index (κ1) is 31.5. The molecule has 1 aliphatic rings. The van der Waals surface area contributed by atoms with Crippen LogP contribution >= 0.6 is 0 Å². The van der Waals surface area contributed by atoms with Crippen LogP contribution < -0.4 is 5.32 Å². The summed E-state index contributed by atoms with van der Waals surface area (Å²) < 4.78 is 13.2. The molecule has 3 heterocycles. The highest BCUT2D eigenvalue weighted by Crippen LogP contribution is 2.44. The molecule has 6 nitrogen and oxygen atoms in total. The maximum absolute atomic E-state index is 6.63. The van der Waals surface area contributed by atoms with Crippen LogP contribution in [0.1, 0.15) is 11.1 Å². The second-order valence-corrected chi connectivity index (χ2v) is 14.4. The van der Waals surface area contributed by atoms with E-state index in [1.807, 2.05) is 66.7 Å². The summed E-state index contributed by atoms with van der Waals surface area (Å²) in [6.45, 7) is 0. The fourth-order valence-corrected chi connectivity index (χ4v) is 8.63. The molecule has 0 atom stereocenters. The third kappa shape index (κ3) is 4.94. The first-order chi connectivity index (χ1) is 28.2. The van der Waals surface area contributed by atoms with Crippen molar-refractivity contribution in [3.63, 3.8) is 0 Å². The molecule has 1 N–H and O–H groups in total. The van der Waals surface area contributed by atoms with Crippen LogP contribution in [0.15, 0.2) is 194 Å². The van der Waals surface area contributed by atoms with Crippen LogP contribution in [0.5, 0.6) is 0 Å². The molecule has 12 rings (SSSR count). The minimum absolute atomic E-state index is 0.477. The molecule has 0 bridgehead atoms. The maximum atomic E-state index is 6.63. The summed E-state index contributed by atoms with van der Waals surface area (Å²) >= 11 is 0. The zero-order chi connectivity index (χ0) is 37.5. The summed E-state index contributed by atoms with van der Waals surface area (Å²) in [7, 11) is 0. The van der Waals surface area contributed by atoms with Gasteiger partial charge >= 0.3 is 0 Å². The van der Waals surface area contributed by atoms with Gasteiger partial charge in [0.05, 0.1) is 12.0 Å². The lowest BCUT2D eigenvalue weighted by Gasteiger charge is -2.12. The Morgan fingerprint density at radius 3 is 1.93 bits per heavy atom. The van der Waals surface area contributed by atoms with Gasteiger partial charge in [0.1, 0.15) is 22.3 Å². The van der Waals surface area contributed by atoms with E-state index in [-0.39, 0.29) is 0 Å². The smallest absolute Gasteiger partial charge is 0.163 e. The normalized spacial score (nSPS) is 13.2. The van der Waals surface area contributed by atoms with Gasteiger partial charge in [-0.2, -0.15) is 0 Å². The number of amidine groups is 2. The summed E-state index contributed by atoms with van der Waals surface area (Å²) in [5.41, 5.74) is 10.8. The molecule has 0 saturated heterocycles. The van der Waals surface area contributed by atoms with Crippen molar-refractivity contribution in [3.05, 3.63) is 181 Å². The third-order valence-electron chi connectivity index (χ3n) is 11.2. The fraction of sp³-hybridized carbons (Fsp3) is 0. The molecule has 0 aliphatic carbocycles. The number of aliphatic imine (C=N–C) groups is 3. The van der Waals surface area contributed by atoms with Gasteiger partial charge < -0.3 is 14.2 Å². The van der Waals surface area contributed by atoms with E-state index in [9.17, 15) is 0 Å². The number of fused-ring (bicyclic) bond motifs is 9. The largest absolute Gasteiger partial charge is 0.456 e. The summed E-state index contributed by atoms with van der Waals surface area (Å²) in [5.74, 6) is 0.983. The molecule has 9 aromatic carbocycles. The Hall–Kier alpha value is -7.83. The minimum atomic E-state index is 0.477. The van der Waals surface area contributed by atoms with Crippen LogP contribution in [0, 0.1) is 0 Å². The number of hydrogen-bond acceptors (Lipinski definition) is 6. The second-order valence-electron chi connectivity index (χ2n) is 14.4. The zero-order valence-corrected chi connectivity index (χ0v) is 30.4. The Labute approximate surface area is 326 Å². The van der Waals surface area contributed by atoms with E-state index in [1.54, 1.807) is 6.34 Å². The van der Waals surface area contributed by atoms with Crippen molar-refractivity contribution in [2.24, 2.45) is 15.0 Å². The second kappa shape index (κ2) is 12.3. The maximum Gasteiger partial charge on any atom is 0.163 e. The predicted octanol–water partition coefficient (Wildman–Crippen LogP) is 13.5. The molecule has 1 aliphatic heterocycles. The Morgan fingerprint density at radius 1 is 0.368 bits per heavy atom. The Bertz CT molecular complexity index is 3500. The average Bonchev–Trinajstić information content (AvgIpc) is 3.83. The lowest BCUT2D eigenvalue weighted by molar-refractivity contribution is 0.668. The molecule has 6 heteroatoms. The molecule has 0 amide bonds. The first-order valence-corrected chi connectivity index (χ1v) is 19.0. The van der Waals surface area contributed by atoms with E-state index in [2.05, 4.69) is 108 Å². The standard InChI is InChI=1S/C51H30N4O2/c1-2-12-30(13-3-1)33-18-10-22-43-47(33)39-25-24-31(27-45(39)56-43)50-53-29-52-41-20-8-6-16-36(41)37-17-7-9-21-42(37)54-51(55-50)32-26-40-35-15-5-4-14-34(35)38-19-11-23-44-48(38)49(40)46(28-32)57-44/h1-29H,(H,52,53,54,55). The van der Waals surface area contributed by atoms with Gasteiger partial charge in [-0.25, -0.2) is 15.0 Å². The van der Waals surface area contributed by atoms with E-state index in [0.29, 0.717) is 11.7 Å². The van der Waals surface area contributed by atoms with Crippen LogP contribution in [0.4, 0.5) is 11.4 Å². The molecule has 0 spiro atoms. The number of benzene rings is 9. The van der Waals surface area contributed by atoms with Gasteiger partial charge in [0.25, 0.3) is 0 Å². The number of rotatable bonds is 3. The highest BCUT2D eigenvalue weighted by atomic mass is 16.3. The predicted molar refractivity (Wildman–Crippen MR) is 236 cm³/mol. The summed E-state index contributed by atoms with van der Waals surface area (Å²) in [6, 6.07) is 58.4. The van der Waals surface area contributed by atoms with Crippen LogP contribution in [-0.2, 0) is 0 Å². The molecule has 0 fully saturated rings. The van der Waals surface area contributed by atoms with E-state index >= 15 is 0 Å². The molecule has 57 heavy (non-hydrogen) atoms. The Morgan fingerprint density at radius 2 is 1.04 bits per heavy atom. The zero-order valence-electron chi connectivity index (χ0n) is 30.4. The van der Waals surface area contributed by atoms with Crippen molar-refractivity contribution in [2.45, 2.75) is 0 Å². The van der Waals surface area contributed by atoms with Crippen LogP contribution in [0.25, 0.3) is 87.7 Å². The molecule has 0 saturated carbocycles. The Balaban J connectivity index is 1.12. The molecular weight excluding hydrogens is 701 g/mol. The molecule has 0 unspecified atom stereocenters. The van der Waals surface area contributed by atoms with Crippen molar-refractivity contribution in [2.75, 3.05) is 5.32 Å². The van der Waals surface area contributed by atoms with Gasteiger partial charge in [-0.1, -0.05) is 121 Å². The van der Waals surface area contributed by atoms with E-state index in [4.69, 9.17) is 23.8 Å². The molecule has 0 radical (unpaired) electrons. The monoisotopic (exact) mass is 730 g/mol. The number of nitrogens with one attached hydrogen (secondary N) is 1. The van der Waals surface area contributed by atoms with Crippen LogP contribution in [-0.4, -0.2) is 18.0 Å². The summed E-state index contributed by atoms with van der Waals surface area (Å²) in [5, 5.41) is 12.4. The van der Waals surface area contributed by atoms with Crippen LogP contribution in [0.2, 0.25) is 0 Å². The van der Waals surface area contributed by atoms with Gasteiger partial charge in [-0.05, 0) is 81.2 Å². The summed E-state index contributed by atoms with van der Waals surface area (Å²) in [6.07, 6.45) is 1.71. The highest BCUT2D eigenvalue weighted by Gasteiger charge is 2.21. The van der Waals surface area contributed by atoms with E-state index in [0.717, 1.165) is 99.4 Å². The number of nitrogens with zero attached hydrogens (tertiary/aromatic N) is 3. The van der Waals surface area contributed by atoms with Gasteiger partial charge in [-0.3, -0.25) is 0 Å². The molecule has 2 aromatic heterocycles. The summed E-state index contributed by atoms with van der Waals surface area (Å²) in [4.78, 5) is 15.8. The number of anilines is 1. The number of hydrogen-bond donors (Lipinski definition) is 1. The number of furan rings is 2. The SMILES string of the molecule is C1=NC(c2ccc3c(c2)oc2cccc(-c4ccccc4)c23)=NC(c2cc3oc4cccc5c6ccccc6c(c2)c3c45)=Nc2ccccc2-c2ccccc2N1. The van der Waals surface area contributed by atoms with Gasteiger partial charge in [0, 0.05) is 49.5 Å². The van der Waals surface area contributed by atoms with E-state index < -0.39 is 0 Å². The quantitative estimate of drug-likeness (QED) is 0.184. The van der Waals surface area contributed by atoms with Crippen molar-refractivity contribution in [1.29, 1.82) is 0 Å². The van der Waals surface area contributed by atoms with Gasteiger partial charge in [0.2, 0.25) is 0 Å². The average molecular weight is 731 g/mol. The van der Waals surface area contributed by atoms with E-state index in [1.165, 1.54) is 10.8 Å². The molecule has 11 aromatic rings. The van der Waals surface area contributed by atoms with Gasteiger partial charge in [-0.15, -0.1) is 0 Å². The highest BCUT2D eigenvalue weighted by molar-refractivity contribution is 6.34. The van der Waals surface area contributed by atoms with Crippen molar-refractivity contribution in [3.8, 4) is 22.3 Å². The Kier molecular flexibility index (Phi) is 6.83. The van der Waals surface area contributed by atoms with Crippen molar-refractivity contribution < 1.29 is 8.83 Å². The lowest BCUT2D eigenvalue weighted by Crippen LogP contribution is -2.07. The lowest BCUT2D eigenvalue weighted by atomic mass is 9.93. The third-order valence-corrected chi connectivity index (χ3v) is 11.2. The first-order valence-electron chi connectivity index (χ1n) is 19.0. The fourth-order valence-electron chi connectivity index (χ4n) is 8.63. The van der Waals surface area contributed by atoms with Crippen LogP contribution in [0.3, 0.4) is 0 Å². The van der Waals surface area contributed by atoms with Crippen molar-refractivity contribution >= 4 is 94.8 Å². The van der Waals surface area contributed by atoms with Crippen molar-refractivity contribution in [1.82, 2.24) is 0 Å². The minimum Gasteiger partial charge on any atom is -0.456 e.